The van der Waals surface area contributed by atoms with Crippen molar-refractivity contribution in [3.8, 4) is 0 Å². The summed E-state index contributed by atoms with van der Waals surface area (Å²) in [6, 6.07) is 11.8. The molecule has 1 saturated carbocycles. The zero-order chi connectivity index (χ0) is 22.1. The van der Waals surface area contributed by atoms with Crippen LogP contribution in [0.15, 0.2) is 42.6 Å². The maximum Gasteiger partial charge on any atom is 0.256 e. The second kappa shape index (κ2) is 8.61. The fraction of sp³-hybridized carbons (Fsp3) is 0.417. The summed E-state index contributed by atoms with van der Waals surface area (Å²) in [5.41, 5.74) is 1.98. The quantitative estimate of drug-likeness (QED) is 0.800. The summed E-state index contributed by atoms with van der Waals surface area (Å²) in [7, 11) is 0. The molecular formula is C24H27N5O3. The highest BCUT2D eigenvalue weighted by Crippen LogP contribution is 2.31. The van der Waals surface area contributed by atoms with Gasteiger partial charge in [0.2, 0.25) is 11.8 Å². The molecule has 3 amide bonds. The molecule has 0 atom stereocenters. The minimum atomic E-state index is -0.225. The molecule has 0 bridgehead atoms. The number of nitrogens with one attached hydrogen (secondary N) is 1. The van der Waals surface area contributed by atoms with Crippen molar-refractivity contribution < 1.29 is 14.4 Å². The van der Waals surface area contributed by atoms with Gasteiger partial charge < -0.3 is 20.0 Å². The number of hydrogen-bond donors (Lipinski definition) is 1. The fourth-order valence-corrected chi connectivity index (χ4v) is 4.88. The van der Waals surface area contributed by atoms with Crippen LogP contribution in [-0.2, 0) is 16.1 Å². The van der Waals surface area contributed by atoms with Gasteiger partial charge in [0.25, 0.3) is 5.91 Å². The van der Waals surface area contributed by atoms with E-state index >= 15 is 0 Å². The second-order valence-electron chi connectivity index (χ2n) is 8.66. The maximum atomic E-state index is 13.2. The maximum absolute atomic E-state index is 13.2. The van der Waals surface area contributed by atoms with Crippen molar-refractivity contribution in [3.63, 3.8) is 0 Å². The van der Waals surface area contributed by atoms with Crippen molar-refractivity contribution >= 4 is 29.2 Å². The molecule has 1 aromatic heterocycles. The first-order valence-corrected chi connectivity index (χ1v) is 11.3. The normalized spacial score (nSPS) is 19.2. The lowest BCUT2D eigenvalue weighted by atomic mass is 10.1. The molecule has 8 heteroatoms. The Bertz CT molecular complexity index is 1040. The number of rotatable bonds is 4. The highest BCUT2D eigenvalue weighted by atomic mass is 16.2. The third-order valence-corrected chi connectivity index (χ3v) is 6.61. The zero-order valence-electron chi connectivity index (χ0n) is 18.0. The van der Waals surface area contributed by atoms with Crippen LogP contribution in [0, 0.1) is 0 Å². The van der Waals surface area contributed by atoms with E-state index in [4.69, 9.17) is 0 Å². The summed E-state index contributed by atoms with van der Waals surface area (Å²) < 4.78 is 0. The van der Waals surface area contributed by atoms with Crippen LogP contribution in [0.5, 0.6) is 0 Å². The number of carbonyl (C=O) groups excluding carboxylic acids is 3. The number of pyridine rings is 1. The van der Waals surface area contributed by atoms with E-state index in [1.807, 2.05) is 35.2 Å². The molecule has 1 saturated heterocycles. The average Bonchev–Trinajstić information content (AvgIpc) is 3.35. The van der Waals surface area contributed by atoms with Gasteiger partial charge in [-0.05, 0) is 24.5 Å². The molecular weight excluding hydrogens is 406 g/mol. The Morgan fingerprint density at radius 3 is 2.59 bits per heavy atom. The summed E-state index contributed by atoms with van der Waals surface area (Å²) in [5, 5.41) is 3.03. The van der Waals surface area contributed by atoms with E-state index in [-0.39, 0.29) is 30.8 Å². The Hall–Kier alpha value is -3.42. The lowest BCUT2D eigenvalue weighted by Crippen LogP contribution is -2.54. The first kappa shape index (κ1) is 20.5. The van der Waals surface area contributed by atoms with Crippen LogP contribution in [0.2, 0.25) is 0 Å². The van der Waals surface area contributed by atoms with Crippen molar-refractivity contribution in [1.82, 2.24) is 14.8 Å². The second-order valence-corrected chi connectivity index (χ2v) is 8.66. The number of benzene rings is 1. The highest BCUT2D eigenvalue weighted by Gasteiger charge is 2.34. The Kier molecular flexibility index (Phi) is 5.51. The average molecular weight is 434 g/mol. The van der Waals surface area contributed by atoms with Crippen molar-refractivity contribution in [1.29, 1.82) is 0 Å². The predicted molar refractivity (Wildman–Crippen MR) is 120 cm³/mol. The molecule has 2 aliphatic heterocycles. The number of anilines is 2. The molecule has 0 radical (unpaired) electrons. The van der Waals surface area contributed by atoms with Crippen molar-refractivity contribution in [2.24, 2.45) is 0 Å². The number of fused-ring (bicyclic) bond motifs is 1. The SMILES string of the molecule is O=C(c1cnc2c(c1)N(Cc1ccccc1)C(=O)CN2)N1CCN(C2CCCC2)C(=O)C1. The molecule has 2 aromatic rings. The van der Waals surface area contributed by atoms with Gasteiger partial charge in [-0.25, -0.2) is 4.98 Å². The molecule has 2 fully saturated rings. The van der Waals surface area contributed by atoms with E-state index in [1.165, 1.54) is 19.0 Å². The van der Waals surface area contributed by atoms with E-state index in [9.17, 15) is 14.4 Å². The minimum Gasteiger partial charge on any atom is -0.359 e. The Labute approximate surface area is 187 Å². The molecule has 166 valence electrons. The first-order valence-electron chi connectivity index (χ1n) is 11.3. The van der Waals surface area contributed by atoms with Gasteiger partial charge in [-0.15, -0.1) is 0 Å². The molecule has 1 N–H and O–H groups in total. The number of amides is 3. The molecule has 8 nitrogen and oxygen atoms in total. The van der Waals surface area contributed by atoms with Gasteiger partial charge in [0.1, 0.15) is 6.54 Å². The summed E-state index contributed by atoms with van der Waals surface area (Å²) in [6.45, 7) is 1.76. The molecule has 3 aliphatic rings. The van der Waals surface area contributed by atoms with E-state index < -0.39 is 0 Å². The monoisotopic (exact) mass is 433 g/mol. The third kappa shape index (κ3) is 3.92. The number of hydrogen-bond acceptors (Lipinski definition) is 5. The van der Waals surface area contributed by atoms with Crippen LogP contribution in [-0.4, -0.2) is 64.7 Å². The van der Waals surface area contributed by atoms with Gasteiger partial charge in [-0.1, -0.05) is 43.2 Å². The third-order valence-electron chi connectivity index (χ3n) is 6.61. The number of aromatic nitrogens is 1. The van der Waals surface area contributed by atoms with Gasteiger partial charge in [0.05, 0.1) is 24.3 Å². The van der Waals surface area contributed by atoms with Gasteiger partial charge in [0.15, 0.2) is 5.82 Å². The smallest absolute Gasteiger partial charge is 0.256 e. The fourth-order valence-electron chi connectivity index (χ4n) is 4.88. The van der Waals surface area contributed by atoms with Crippen LogP contribution in [0.1, 0.15) is 41.6 Å². The summed E-state index contributed by atoms with van der Waals surface area (Å²) >= 11 is 0. The van der Waals surface area contributed by atoms with E-state index in [0.29, 0.717) is 42.7 Å². The van der Waals surface area contributed by atoms with Gasteiger partial charge in [0, 0.05) is 25.3 Å². The summed E-state index contributed by atoms with van der Waals surface area (Å²) in [5.74, 6) is 0.301. The van der Waals surface area contributed by atoms with E-state index in [2.05, 4.69) is 10.3 Å². The minimum absolute atomic E-state index is 0.0185. The van der Waals surface area contributed by atoms with Crippen molar-refractivity contribution in [3.05, 3.63) is 53.7 Å². The van der Waals surface area contributed by atoms with Gasteiger partial charge in [-0.2, -0.15) is 0 Å². The molecule has 5 rings (SSSR count). The van der Waals surface area contributed by atoms with Gasteiger partial charge in [-0.3, -0.25) is 14.4 Å². The molecule has 0 unspecified atom stereocenters. The Balaban J connectivity index is 1.34. The zero-order valence-corrected chi connectivity index (χ0v) is 18.0. The lowest BCUT2D eigenvalue weighted by Gasteiger charge is -2.38. The van der Waals surface area contributed by atoms with Crippen LogP contribution >= 0.6 is 0 Å². The summed E-state index contributed by atoms with van der Waals surface area (Å²) in [6.07, 6.45) is 5.99. The lowest BCUT2D eigenvalue weighted by molar-refractivity contribution is -0.137. The van der Waals surface area contributed by atoms with Crippen LogP contribution in [0.4, 0.5) is 11.5 Å². The molecule has 1 aliphatic carbocycles. The standard InChI is InChI=1S/C24H27N5O3/c30-21-14-26-23-20(29(21)15-17-6-2-1-3-7-17)12-18(13-25-23)24(32)27-10-11-28(22(31)16-27)19-8-4-5-9-19/h1-3,6-7,12-13,19H,4-5,8-11,14-16H2,(H,25,26). The number of carbonyl (C=O) groups is 3. The molecule has 32 heavy (non-hydrogen) atoms. The molecule has 3 heterocycles. The Morgan fingerprint density at radius 2 is 1.84 bits per heavy atom. The van der Waals surface area contributed by atoms with E-state index in [1.54, 1.807) is 15.9 Å². The number of nitrogens with zero attached hydrogens (tertiary/aromatic N) is 4. The molecule has 1 aromatic carbocycles. The van der Waals surface area contributed by atoms with Gasteiger partial charge >= 0.3 is 0 Å². The number of piperazine rings is 1. The van der Waals surface area contributed by atoms with Crippen LogP contribution in [0.25, 0.3) is 0 Å². The Morgan fingerprint density at radius 1 is 1.06 bits per heavy atom. The van der Waals surface area contributed by atoms with Crippen LogP contribution in [0.3, 0.4) is 0 Å². The van der Waals surface area contributed by atoms with Crippen LogP contribution < -0.4 is 10.2 Å². The molecule has 0 spiro atoms. The largest absolute Gasteiger partial charge is 0.359 e. The topological polar surface area (TPSA) is 85.8 Å². The first-order chi connectivity index (χ1) is 15.6. The summed E-state index contributed by atoms with van der Waals surface area (Å²) in [4.78, 5) is 48.2. The van der Waals surface area contributed by atoms with E-state index in [0.717, 1.165) is 18.4 Å². The predicted octanol–water partition coefficient (Wildman–Crippen LogP) is 2.27. The highest BCUT2D eigenvalue weighted by molar-refractivity contribution is 6.04. The van der Waals surface area contributed by atoms with Crippen molar-refractivity contribution in [2.45, 2.75) is 38.3 Å². The van der Waals surface area contributed by atoms with Crippen molar-refractivity contribution in [2.75, 3.05) is 36.4 Å².